The van der Waals surface area contributed by atoms with E-state index < -0.39 is 0 Å². The summed E-state index contributed by atoms with van der Waals surface area (Å²) in [5.74, 6) is 2.97. The third-order valence-corrected chi connectivity index (χ3v) is 8.10. The first kappa shape index (κ1) is 19.1. The highest BCUT2D eigenvalue weighted by Gasteiger charge is 2.51. The lowest BCUT2D eigenvalue weighted by molar-refractivity contribution is 0.102. The van der Waals surface area contributed by atoms with Crippen LogP contribution in [0.15, 0.2) is 48.5 Å². The minimum atomic E-state index is -0.124. The number of aliphatic hydroxyl groups is 1. The van der Waals surface area contributed by atoms with Crippen molar-refractivity contribution in [3.63, 3.8) is 0 Å². The van der Waals surface area contributed by atoms with Crippen LogP contribution in [-0.2, 0) is 12.1 Å². The van der Waals surface area contributed by atoms with Gasteiger partial charge in [0.1, 0.15) is 0 Å². The van der Waals surface area contributed by atoms with Gasteiger partial charge in [0.05, 0.1) is 17.6 Å². The van der Waals surface area contributed by atoms with Gasteiger partial charge in [0, 0.05) is 11.1 Å². The smallest absolute Gasteiger partial charge is 0.257 e. The molecule has 6 rings (SSSR count). The third kappa shape index (κ3) is 3.09. The van der Waals surface area contributed by atoms with Crippen molar-refractivity contribution in [1.29, 1.82) is 0 Å². The predicted octanol–water partition coefficient (Wildman–Crippen LogP) is 5.10. The SMILES string of the molecule is O=C(Nc1nc2ccc(CO)cc2n1C12CCCC3CC(CC3C1)C2)c1ccccc1. The third-order valence-electron chi connectivity index (χ3n) is 8.10. The zero-order chi connectivity index (χ0) is 21.0. The number of aromatic nitrogens is 2. The van der Waals surface area contributed by atoms with Crippen molar-refractivity contribution in [2.45, 2.75) is 57.1 Å². The monoisotopic (exact) mass is 415 g/mol. The number of carbonyl (C=O) groups is 1. The Bertz CT molecular complexity index is 1140. The van der Waals surface area contributed by atoms with Crippen molar-refractivity contribution >= 4 is 22.9 Å². The lowest BCUT2D eigenvalue weighted by atomic mass is 9.73. The molecule has 0 saturated heterocycles. The second kappa shape index (κ2) is 7.20. The van der Waals surface area contributed by atoms with E-state index in [1.807, 2.05) is 42.5 Å². The molecule has 0 spiro atoms. The van der Waals surface area contributed by atoms with Gasteiger partial charge in [-0.2, -0.15) is 0 Å². The molecule has 3 aliphatic rings. The van der Waals surface area contributed by atoms with E-state index in [4.69, 9.17) is 4.98 Å². The van der Waals surface area contributed by atoms with Gasteiger partial charge in [0.2, 0.25) is 5.95 Å². The highest BCUT2D eigenvalue weighted by molar-refractivity contribution is 6.04. The van der Waals surface area contributed by atoms with E-state index in [1.165, 1.54) is 38.5 Å². The van der Waals surface area contributed by atoms with Crippen LogP contribution in [0.4, 0.5) is 5.95 Å². The highest BCUT2D eigenvalue weighted by Crippen LogP contribution is 2.58. The summed E-state index contributed by atoms with van der Waals surface area (Å²) in [6, 6.07) is 15.3. The summed E-state index contributed by atoms with van der Waals surface area (Å²) in [4.78, 5) is 17.9. The van der Waals surface area contributed by atoms with Crippen molar-refractivity contribution in [3.8, 4) is 0 Å². The fourth-order valence-electron chi connectivity index (χ4n) is 6.95. The number of hydrogen-bond acceptors (Lipinski definition) is 3. The van der Waals surface area contributed by atoms with Crippen LogP contribution in [0.25, 0.3) is 11.0 Å². The fourth-order valence-corrected chi connectivity index (χ4v) is 6.95. The van der Waals surface area contributed by atoms with Crippen LogP contribution < -0.4 is 5.32 Å². The van der Waals surface area contributed by atoms with Crippen LogP contribution in [-0.4, -0.2) is 20.6 Å². The molecule has 2 aromatic carbocycles. The number of amides is 1. The number of rotatable bonds is 4. The standard InChI is InChI=1S/C26H29N3O2/c30-16-17-8-9-22-23(13-17)29(25(27-22)28-24(31)19-5-2-1-3-6-19)26-10-4-7-20-11-18(14-26)12-21(20)15-26/h1-3,5-6,8-9,13,18,20-21,30H,4,7,10-12,14-16H2,(H,27,28,31). The number of benzene rings is 2. The van der Waals surface area contributed by atoms with Gasteiger partial charge >= 0.3 is 0 Å². The molecule has 3 saturated carbocycles. The van der Waals surface area contributed by atoms with Crippen molar-refractivity contribution < 1.29 is 9.90 Å². The second-order valence-corrected chi connectivity index (χ2v) is 9.95. The van der Waals surface area contributed by atoms with Gasteiger partial charge in [-0.1, -0.05) is 37.1 Å². The van der Waals surface area contributed by atoms with E-state index >= 15 is 0 Å². The van der Waals surface area contributed by atoms with Crippen LogP contribution in [0.2, 0.25) is 0 Å². The molecule has 5 nitrogen and oxygen atoms in total. The molecule has 1 amide bonds. The molecule has 0 aliphatic heterocycles. The van der Waals surface area contributed by atoms with Crippen molar-refractivity contribution in [1.82, 2.24) is 9.55 Å². The molecule has 3 fully saturated rings. The Morgan fingerprint density at radius 2 is 1.97 bits per heavy atom. The van der Waals surface area contributed by atoms with Crippen molar-refractivity contribution in [2.24, 2.45) is 17.8 Å². The van der Waals surface area contributed by atoms with Crippen molar-refractivity contribution in [3.05, 3.63) is 59.7 Å². The number of fused-ring (bicyclic) bond motifs is 3. The zero-order valence-corrected chi connectivity index (χ0v) is 17.8. The molecular formula is C26H29N3O2. The van der Waals surface area contributed by atoms with Crippen LogP contribution >= 0.6 is 0 Å². The summed E-state index contributed by atoms with van der Waals surface area (Å²) in [5, 5.41) is 12.9. The number of nitrogens with one attached hydrogen (secondary N) is 1. The van der Waals surface area contributed by atoms with Crippen LogP contribution in [0.3, 0.4) is 0 Å². The summed E-state index contributed by atoms with van der Waals surface area (Å²) >= 11 is 0. The van der Waals surface area contributed by atoms with Crippen LogP contribution in [0.1, 0.15) is 60.9 Å². The lowest BCUT2D eigenvalue weighted by Crippen LogP contribution is -2.40. The number of carbonyl (C=O) groups excluding carboxylic acids is 1. The normalized spacial score (nSPS) is 29.3. The maximum Gasteiger partial charge on any atom is 0.257 e. The van der Waals surface area contributed by atoms with E-state index in [2.05, 4.69) is 16.0 Å². The predicted molar refractivity (Wildman–Crippen MR) is 121 cm³/mol. The molecule has 1 heterocycles. The minimum Gasteiger partial charge on any atom is -0.392 e. The first-order valence-electron chi connectivity index (χ1n) is 11.6. The number of aliphatic hydroxyl groups excluding tert-OH is 1. The molecule has 0 radical (unpaired) electrons. The summed E-state index contributed by atoms with van der Waals surface area (Å²) < 4.78 is 2.36. The molecule has 2 N–H and O–H groups in total. The minimum absolute atomic E-state index is 0.000956. The molecule has 31 heavy (non-hydrogen) atoms. The highest BCUT2D eigenvalue weighted by atomic mass is 16.3. The van der Waals surface area contributed by atoms with E-state index in [0.717, 1.165) is 40.8 Å². The molecule has 3 bridgehead atoms. The Morgan fingerprint density at radius 3 is 2.81 bits per heavy atom. The maximum absolute atomic E-state index is 13.1. The summed E-state index contributed by atoms with van der Waals surface area (Å²) in [5.41, 5.74) is 3.44. The molecule has 5 heteroatoms. The molecule has 3 aromatic rings. The van der Waals surface area contributed by atoms with Gasteiger partial charge in [-0.05, 0) is 79.7 Å². The molecular weight excluding hydrogens is 386 g/mol. The maximum atomic E-state index is 13.1. The molecule has 4 atom stereocenters. The van der Waals surface area contributed by atoms with Crippen LogP contribution in [0.5, 0.6) is 0 Å². The number of nitrogens with zero attached hydrogens (tertiary/aromatic N) is 2. The molecule has 160 valence electrons. The van der Waals surface area contributed by atoms with Gasteiger partial charge in [-0.3, -0.25) is 10.1 Å². The molecule has 3 aliphatic carbocycles. The van der Waals surface area contributed by atoms with Crippen LogP contribution in [0, 0.1) is 17.8 Å². The topological polar surface area (TPSA) is 67.2 Å². The molecule has 4 unspecified atom stereocenters. The Morgan fingerprint density at radius 1 is 1.13 bits per heavy atom. The summed E-state index contributed by atoms with van der Waals surface area (Å²) in [6.45, 7) is 0.00710. The Balaban J connectivity index is 1.50. The van der Waals surface area contributed by atoms with Gasteiger partial charge in [0.25, 0.3) is 5.91 Å². The largest absolute Gasteiger partial charge is 0.392 e. The summed E-state index contributed by atoms with van der Waals surface area (Å²) in [7, 11) is 0. The second-order valence-electron chi connectivity index (χ2n) is 9.95. The number of imidazole rings is 1. The Labute approximate surface area is 182 Å². The van der Waals surface area contributed by atoms with Crippen molar-refractivity contribution in [2.75, 3.05) is 5.32 Å². The van der Waals surface area contributed by atoms with Gasteiger partial charge in [0.15, 0.2) is 0 Å². The first-order valence-corrected chi connectivity index (χ1v) is 11.6. The quantitative estimate of drug-likeness (QED) is 0.623. The average molecular weight is 416 g/mol. The summed E-state index contributed by atoms with van der Waals surface area (Å²) in [6.07, 6.45) is 8.79. The average Bonchev–Trinajstić information content (AvgIpc) is 3.25. The lowest BCUT2D eigenvalue weighted by Gasteiger charge is -2.42. The van der Waals surface area contributed by atoms with E-state index in [0.29, 0.717) is 11.5 Å². The fraction of sp³-hybridized carbons (Fsp3) is 0.462. The van der Waals surface area contributed by atoms with Gasteiger partial charge < -0.3 is 9.67 Å². The Hall–Kier alpha value is -2.66. The zero-order valence-electron chi connectivity index (χ0n) is 17.8. The Kier molecular flexibility index (Phi) is 4.42. The first-order chi connectivity index (χ1) is 15.1. The van der Waals surface area contributed by atoms with Gasteiger partial charge in [-0.25, -0.2) is 4.98 Å². The number of anilines is 1. The van der Waals surface area contributed by atoms with Gasteiger partial charge in [-0.15, -0.1) is 0 Å². The number of hydrogen-bond donors (Lipinski definition) is 2. The van der Waals surface area contributed by atoms with E-state index in [1.54, 1.807) is 0 Å². The molecule has 1 aromatic heterocycles. The van der Waals surface area contributed by atoms with E-state index in [-0.39, 0.29) is 18.1 Å². The van der Waals surface area contributed by atoms with E-state index in [9.17, 15) is 9.90 Å².